The highest BCUT2D eigenvalue weighted by atomic mass is 32.1. The van der Waals surface area contributed by atoms with E-state index in [9.17, 15) is 14.7 Å². The quantitative estimate of drug-likeness (QED) is 0.360. The van der Waals surface area contributed by atoms with E-state index in [1.165, 1.54) is 27.6 Å². The maximum absolute atomic E-state index is 13.0. The van der Waals surface area contributed by atoms with E-state index in [0.717, 1.165) is 4.88 Å². The summed E-state index contributed by atoms with van der Waals surface area (Å²) in [5, 5.41) is 21.9. The van der Waals surface area contributed by atoms with Crippen LogP contribution in [0.3, 0.4) is 0 Å². The number of Topliss-reactive ketones (excluding diaryl/α,β-unsaturated/α-hetero) is 1. The largest absolute Gasteiger partial charge is 0.507 e. The molecular weight excluding hydrogens is 422 g/mol. The Hall–Kier alpha value is -3.04. The molecule has 1 unspecified atom stereocenters. The average Bonchev–Trinajstić information content (AvgIpc) is 3.43. The molecule has 1 aliphatic heterocycles. The first-order valence-electron chi connectivity index (χ1n) is 9.28. The highest BCUT2D eigenvalue weighted by Gasteiger charge is 2.48. The van der Waals surface area contributed by atoms with Crippen molar-refractivity contribution in [3.63, 3.8) is 0 Å². The van der Waals surface area contributed by atoms with Crippen LogP contribution in [0.2, 0.25) is 0 Å². The van der Waals surface area contributed by atoms with Crippen molar-refractivity contribution in [3.05, 3.63) is 62.8 Å². The van der Waals surface area contributed by atoms with Crippen molar-refractivity contribution in [2.75, 3.05) is 4.90 Å². The fourth-order valence-corrected chi connectivity index (χ4v) is 4.79. The van der Waals surface area contributed by atoms with E-state index in [4.69, 9.17) is 4.74 Å². The number of benzene rings is 1. The molecule has 1 aromatic carbocycles. The molecule has 1 aliphatic rings. The van der Waals surface area contributed by atoms with E-state index < -0.39 is 17.7 Å². The molecule has 0 bridgehead atoms. The Morgan fingerprint density at radius 1 is 1.17 bits per heavy atom. The summed E-state index contributed by atoms with van der Waals surface area (Å²) >= 11 is 2.62. The number of ketones is 1. The van der Waals surface area contributed by atoms with Gasteiger partial charge in [-0.15, -0.1) is 21.5 Å². The van der Waals surface area contributed by atoms with Crippen molar-refractivity contribution in [1.29, 1.82) is 0 Å². The summed E-state index contributed by atoms with van der Waals surface area (Å²) < 4.78 is 5.63. The lowest BCUT2D eigenvalue weighted by Crippen LogP contribution is -2.29. The standard InChI is InChI=1S/C21H19N3O4S2/c1-11(2)28-14-8-6-13(7-9-14)18(25)16-17(15-5-4-10-29-15)24(20(27)19(16)26)21-23-22-12(3)30-21/h4-11,17,25H,1-3H3. The van der Waals surface area contributed by atoms with Gasteiger partial charge in [0.1, 0.15) is 22.6 Å². The highest BCUT2D eigenvalue weighted by molar-refractivity contribution is 7.15. The van der Waals surface area contributed by atoms with Crippen LogP contribution < -0.4 is 9.64 Å². The minimum absolute atomic E-state index is 0.0176. The smallest absolute Gasteiger partial charge is 0.301 e. The Morgan fingerprint density at radius 2 is 1.90 bits per heavy atom. The van der Waals surface area contributed by atoms with Gasteiger partial charge in [-0.25, -0.2) is 0 Å². The Bertz CT molecular complexity index is 1120. The molecule has 1 atom stereocenters. The summed E-state index contributed by atoms with van der Waals surface area (Å²) in [6, 6.07) is 9.68. The summed E-state index contributed by atoms with van der Waals surface area (Å²) in [6.07, 6.45) is 0.0176. The van der Waals surface area contributed by atoms with Gasteiger partial charge in [0.2, 0.25) is 5.13 Å². The maximum atomic E-state index is 13.0. The molecule has 0 radical (unpaired) electrons. The second kappa shape index (κ2) is 8.00. The van der Waals surface area contributed by atoms with Crippen molar-refractivity contribution < 1.29 is 19.4 Å². The van der Waals surface area contributed by atoms with Gasteiger partial charge in [-0.3, -0.25) is 14.5 Å². The number of ether oxygens (including phenoxy) is 1. The Balaban J connectivity index is 1.82. The van der Waals surface area contributed by atoms with Gasteiger partial charge in [-0.1, -0.05) is 17.4 Å². The predicted molar refractivity (Wildman–Crippen MR) is 116 cm³/mol. The van der Waals surface area contributed by atoms with Gasteiger partial charge < -0.3 is 9.84 Å². The van der Waals surface area contributed by atoms with Gasteiger partial charge in [0.25, 0.3) is 5.78 Å². The fourth-order valence-electron chi connectivity index (χ4n) is 3.25. The number of aromatic nitrogens is 2. The summed E-state index contributed by atoms with van der Waals surface area (Å²) in [7, 11) is 0. The Kier molecular flexibility index (Phi) is 5.40. The third-order valence-electron chi connectivity index (χ3n) is 4.48. The molecule has 0 spiro atoms. The Morgan fingerprint density at radius 3 is 2.47 bits per heavy atom. The van der Waals surface area contributed by atoms with Crippen LogP contribution >= 0.6 is 22.7 Å². The van der Waals surface area contributed by atoms with Crippen LogP contribution in [0.1, 0.15) is 35.3 Å². The van der Waals surface area contributed by atoms with Crippen molar-refractivity contribution in [2.24, 2.45) is 0 Å². The number of hydrogen-bond donors (Lipinski definition) is 1. The monoisotopic (exact) mass is 441 g/mol. The summed E-state index contributed by atoms with van der Waals surface area (Å²) in [6.45, 7) is 5.62. The number of rotatable bonds is 5. The van der Waals surface area contributed by atoms with Crippen LogP contribution in [0.4, 0.5) is 5.13 Å². The molecule has 1 saturated heterocycles. The number of carbonyl (C=O) groups excluding carboxylic acids is 2. The molecule has 30 heavy (non-hydrogen) atoms. The molecule has 7 nitrogen and oxygen atoms in total. The van der Waals surface area contributed by atoms with Crippen molar-refractivity contribution in [1.82, 2.24) is 10.2 Å². The molecule has 3 heterocycles. The molecule has 0 aliphatic carbocycles. The van der Waals surface area contributed by atoms with Crippen LogP contribution in [-0.2, 0) is 9.59 Å². The lowest BCUT2D eigenvalue weighted by atomic mass is 10.00. The van der Waals surface area contributed by atoms with Crippen molar-refractivity contribution in [3.8, 4) is 5.75 Å². The lowest BCUT2D eigenvalue weighted by Gasteiger charge is -2.21. The summed E-state index contributed by atoms with van der Waals surface area (Å²) in [5.41, 5.74) is 0.465. The lowest BCUT2D eigenvalue weighted by molar-refractivity contribution is -0.132. The van der Waals surface area contributed by atoms with Gasteiger partial charge in [0, 0.05) is 10.4 Å². The molecule has 3 aromatic rings. The number of thiophene rings is 1. The molecular formula is C21H19N3O4S2. The molecule has 1 N–H and O–H groups in total. The molecule has 4 rings (SSSR count). The first-order valence-corrected chi connectivity index (χ1v) is 11.0. The number of hydrogen-bond acceptors (Lipinski definition) is 8. The number of aryl methyl sites for hydroxylation is 1. The number of nitrogens with zero attached hydrogens (tertiary/aromatic N) is 3. The van der Waals surface area contributed by atoms with E-state index in [0.29, 0.717) is 21.5 Å². The molecule has 9 heteroatoms. The maximum Gasteiger partial charge on any atom is 0.301 e. The van der Waals surface area contributed by atoms with E-state index in [2.05, 4.69) is 10.2 Å². The van der Waals surface area contributed by atoms with Crippen LogP contribution in [0, 0.1) is 6.92 Å². The van der Waals surface area contributed by atoms with E-state index in [1.807, 2.05) is 31.4 Å². The highest BCUT2D eigenvalue weighted by Crippen LogP contribution is 2.44. The summed E-state index contributed by atoms with van der Waals surface area (Å²) in [5.74, 6) is -1.06. The second-order valence-corrected chi connectivity index (χ2v) is 9.12. The Labute approximate surface area is 181 Å². The van der Waals surface area contributed by atoms with Gasteiger partial charge in [-0.2, -0.15) is 0 Å². The van der Waals surface area contributed by atoms with Gasteiger partial charge in [-0.05, 0) is 56.5 Å². The predicted octanol–water partition coefficient (Wildman–Crippen LogP) is 4.32. The zero-order chi connectivity index (χ0) is 21.4. The molecule has 2 aromatic heterocycles. The van der Waals surface area contributed by atoms with Gasteiger partial charge >= 0.3 is 5.91 Å². The number of anilines is 1. The first kappa shape index (κ1) is 20.2. The van der Waals surface area contributed by atoms with E-state index >= 15 is 0 Å². The number of carbonyl (C=O) groups is 2. The van der Waals surface area contributed by atoms with Crippen LogP contribution in [0.15, 0.2) is 47.4 Å². The normalized spacial score (nSPS) is 18.4. The van der Waals surface area contributed by atoms with E-state index in [-0.39, 0.29) is 17.4 Å². The van der Waals surface area contributed by atoms with Crippen LogP contribution in [-0.4, -0.2) is 33.1 Å². The number of aliphatic hydroxyl groups excluding tert-OH is 1. The summed E-state index contributed by atoms with van der Waals surface area (Å²) in [4.78, 5) is 27.9. The van der Waals surface area contributed by atoms with Gasteiger partial charge in [0.05, 0.1) is 11.7 Å². The minimum atomic E-state index is -0.760. The SMILES string of the molecule is Cc1nnc(N2C(=O)C(=O)C(=C(O)c3ccc(OC(C)C)cc3)C2c2cccs2)s1. The fraction of sp³-hybridized carbons (Fsp3) is 0.238. The minimum Gasteiger partial charge on any atom is -0.507 e. The zero-order valence-electron chi connectivity index (χ0n) is 16.5. The average molecular weight is 442 g/mol. The topological polar surface area (TPSA) is 92.6 Å². The molecule has 0 saturated carbocycles. The van der Waals surface area contributed by atoms with Crippen LogP contribution in [0.25, 0.3) is 5.76 Å². The van der Waals surface area contributed by atoms with Crippen molar-refractivity contribution >= 4 is 45.3 Å². The number of amides is 1. The third-order valence-corrected chi connectivity index (χ3v) is 6.24. The second-order valence-electron chi connectivity index (χ2n) is 6.98. The van der Waals surface area contributed by atoms with Crippen molar-refractivity contribution in [2.45, 2.75) is 32.9 Å². The third kappa shape index (κ3) is 3.61. The zero-order valence-corrected chi connectivity index (χ0v) is 18.2. The number of aliphatic hydroxyl groups is 1. The van der Waals surface area contributed by atoms with Crippen LogP contribution in [0.5, 0.6) is 5.75 Å². The molecule has 154 valence electrons. The van der Waals surface area contributed by atoms with E-state index in [1.54, 1.807) is 31.2 Å². The van der Waals surface area contributed by atoms with Gasteiger partial charge in [0.15, 0.2) is 0 Å². The molecule has 1 amide bonds. The first-order chi connectivity index (χ1) is 14.4. The molecule has 1 fully saturated rings.